The number of hydrogen-bond donors (Lipinski definition) is 0. The molecule has 1 aliphatic heterocycles. The summed E-state index contributed by atoms with van der Waals surface area (Å²) in [6.45, 7) is 5.04. The van der Waals surface area contributed by atoms with E-state index in [2.05, 4.69) is 16.1 Å². The number of amides is 1. The molecule has 1 aliphatic rings. The van der Waals surface area contributed by atoms with Crippen molar-refractivity contribution in [3.05, 3.63) is 101 Å². The second-order valence-electron chi connectivity index (χ2n) is 9.30. The summed E-state index contributed by atoms with van der Waals surface area (Å²) in [5.41, 5.74) is 4.82. The smallest absolute Gasteiger partial charge is 0.254 e. The molecular formula is C30H30FN3O4. The van der Waals surface area contributed by atoms with E-state index < -0.39 is 0 Å². The van der Waals surface area contributed by atoms with E-state index in [-0.39, 0.29) is 24.8 Å². The van der Waals surface area contributed by atoms with Gasteiger partial charge in [-0.1, -0.05) is 47.1 Å². The summed E-state index contributed by atoms with van der Waals surface area (Å²) < 4.78 is 30.5. The van der Waals surface area contributed by atoms with Crippen molar-refractivity contribution >= 4 is 11.8 Å². The van der Waals surface area contributed by atoms with Gasteiger partial charge in [-0.2, -0.15) is 0 Å². The number of carbonyl (C=O) groups is 1. The molecule has 0 aliphatic carbocycles. The molecule has 38 heavy (non-hydrogen) atoms. The van der Waals surface area contributed by atoms with Gasteiger partial charge in [0, 0.05) is 30.8 Å². The lowest BCUT2D eigenvalue weighted by Crippen LogP contribution is -2.37. The lowest BCUT2D eigenvalue weighted by Gasteiger charge is -2.28. The van der Waals surface area contributed by atoms with Gasteiger partial charge in [0.2, 0.25) is 5.88 Å². The number of anilines is 1. The molecule has 1 amide bonds. The highest BCUT2D eigenvalue weighted by atomic mass is 19.1. The van der Waals surface area contributed by atoms with Crippen LogP contribution in [-0.4, -0.2) is 49.4 Å². The van der Waals surface area contributed by atoms with Crippen molar-refractivity contribution in [2.24, 2.45) is 0 Å². The number of rotatable bonds is 8. The Balaban J connectivity index is 1.57. The lowest BCUT2D eigenvalue weighted by molar-refractivity contribution is 0.0729. The van der Waals surface area contributed by atoms with Crippen LogP contribution >= 0.6 is 0 Å². The van der Waals surface area contributed by atoms with E-state index in [4.69, 9.17) is 14.0 Å². The van der Waals surface area contributed by atoms with Gasteiger partial charge >= 0.3 is 0 Å². The Morgan fingerprint density at radius 1 is 1.03 bits per heavy atom. The van der Waals surface area contributed by atoms with E-state index in [9.17, 15) is 9.18 Å². The van der Waals surface area contributed by atoms with Gasteiger partial charge in [0.25, 0.3) is 5.91 Å². The summed E-state index contributed by atoms with van der Waals surface area (Å²) >= 11 is 0. The number of ether oxygens (including phenoxy) is 2. The Morgan fingerprint density at radius 3 is 2.53 bits per heavy atom. The van der Waals surface area contributed by atoms with Crippen LogP contribution in [0.1, 0.15) is 27.0 Å². The zero-order chi connectivity index (χ0) is 26.5. The highest BCUT2D eigenvalue weighted by Crippen LogP contribution is 2.34. The number of hydrogen-bond acceptors (Lipinski definition) is 6. The molecule has 1 aromatic heterocycles. The summed E-state index contributed by atoms with van der Waals surface area (Å²) in [6.07, 6.45) is 0. The second kappa shape index (κ2) is 11.5. The first kappa shape index (κ1) is 25.5. The normalized spacial score (nSPS) is 13.4. The fourth-order valence-corrected chi connectivity index (χ4v) is 4.62. The van der Waals surface area contributed by atoms with E-state index >= 15 is 0 Å². The molecule has 0 spiro atoms. The Kier molecular flexibility index (Phi) is 7.70. The van der Waals surface area contributed by atoms with Crippen molar-refractivity contribution in [3.63, 3.8) is 0 Å². The average molecular weight is 516 g/mol. The molecular weight excluding hydrogens is 485 g/mol. The molecule has 0 bridgehead atoms. The molecule has 2 heterocycles. The summed E-state index contributed by atoms with van der Waals surface area (Å²) in [4.78, 5) is 17.8. The van der Waals surface area contributed by atoms with E-state index in [1.807, 2.05) is 25.1 Å². The van der Waals surface area contributed by atoms with Crippen molar-refractivity contribution in [2.45, 2.75) is 20.0 Å². The minimum Gasteiger partial charge on any atom is -0.497 e. The molecule has 1 fully saturated rings. The zero-order valence-corrected chi connectivity index (χ0v) is 21.5. The Morgan fingerprint density at radius 2 is 1.79 bits per heavy atom. The van der Waals surface area contributed by atoms with Gasteiger partial charge in [-0.3, -0.25) is 4.79 Å². The number of aromatic nitrogens is 1. The van der Waals surface area contributed by atoms with E-state index in [0.29, 0.717) is 49.2 Å². The fourth-order valence-electron chi connectivity index (χ4n) is 4.62. The number of benzene rings is 3. The maximum absolute atomic E-state index is 13.9. The number of morpholine rings is 1. The van der Waals surface area contributed by atoms with Crippen LogP contribution in [-0.2, 0) is 17.8 Å². The number of methoxy groups -OCH3 is 1. The van der Waals surface area contributed by atoms with E-state index in [1.54, 1.807) is 48.4 Å². The van der Waals surface area contributed by atoms with Crippen LogP contribution in [0.3, 0.4) is 0 Å². The SMILES string of the molecule is COc1cccc(C(=O)N(Cc2ccc(F)cc2)Cc2c(-c3cccc(C)c3)noc2N2CCOCC2)c1. The van der Waals surface area contributed by atoms with Crippen LogP contribution in [0, 0.1) is 12.7 Å². The number of carbonyl (C=O) groups excluding carboxylic acids is 1. The molecule has 7 nitrogen and oxygen atoms in total. The third-order valence-corrected chi connectivity index (χ3v) is 6.60. The Labute approximate surface area is 221 Å². The van der Waals surface area contributed by atoms with E-state index in [1.165, 1.54) is 12.1 Å². The zero-order valence-electron chi connectivity index (χ0n) is 21.5. The Hall–Kier alpha value is -4.17. The van der Waals surface area contributed by atoms with E-state index in [0.717, 1.165) is 22.3 Å². The van der Waals surface area contributed by atoms with Gasteiger partial charge in [-0.05, 0) is 48.9 Å². The molecule has 0 saturated carbocycles. The predicted octanol–water partition coefficient (Wildman–Crippen LogP) is 5.48. The minimum absolute atomic E-state index is 0.183. The second-order valence-corrected chi connectivity index (χ2v) is 9.30. The lowest BCUT2D eigenvalue weighted by atomic mass is 10.0. The van der Waals surface area contributed by atoms with Crippen molar-refractivity contribution in [1.29, 1.82) is 0 Å². The van der Waals surface area contributed by atoms with Crippen LogP contribution < -0.4 is 9.64 Å². The predicted molar refractivity (Wildman–Crippen MR) is 143 cm³/mol. The molecule has 0 N–H and O–H groups in total. The van der Waals surface area contributed by atoms with Crippen molar-refractivity contribution in [1.82, 2.24) is 10.1 Å². The third-order valence-electron chi connectivity index (χ3n) is 6.60. The van der Waals surface area contributed by atoms with Gasteiger partial charge in [0.1, 0.15) is 17.3 Å². The molecule has 8 heteroatoms. The summed E-state index contributed by atoms with van der Waals surface area (Å²) in [6, 6.07) is 21.3. The standard InChI is InChI=1S/C30H30FN3O4/c1-21-5-3-6-23(17-21)28-27(30(38-32-28)33-13-15-37-16-14-33)20-34(19-22-9-11-25(31)12-10-22)29(35)24-7-4-8-26(18-24)36-2/h3-12,17-18H,13-16,19-20H2,1-2H3. The van der Waals surface area contributed by atoms with Crippen LogP contribution in [0.5, 0.6) is 5.75 Å². The largest absolute Gasteiger partial charge is 0.497 e. The van der Waals surface area contributed by atoms with Gasteiger partial charge < -0.3 is 23.8 Å². The first-order valence-corrected chi connectivity index (χ1v) is 12.6. The minimum atomic E-state index is -0.324. The maximum atomic E-state index is 13.9. The Bertz CT molecular complexity index is 1400. The molecule has 0 unspecified atom stereocenters. The first-order valence-electron chi connectivity index (χ1n) is 12.6. The summed E-state index contributed by atoms with van der Waals surface area (Å²) in [7, 11) is 1.57. The van der Waals surface area contributed by atoms with Crippen molar-refractivity contribution < 1.29 is 23.2 Å². The van der Waals surface area contributed by atoms with Crippen LogP contribution in [0.15, 0.2) is 77.3 Å². The monoisotopic (exact) mass is 515 g/mol. The summed E-state index contributed by atoms with van der Waals surface area (Å²) in [5, 5.41) is 4.47. The molecule has 5 rings (SSSR count). The quantitative estimate of drug-likeness (QED) is 0.310. The van der Waals surface area contributed by atoms with Crippen LogP contribution in [0.2, 0.25) is 0 Å². The van der Waals surface area contributed by atoms with Gasteiger partial charge in [0.15, 0.2) is 0 Å². The molecule has 0 atom stereocenters. The third kappa shape index (κ3) is 5.70. The molecule has 4 aromatic rings. The van der Waals surface area contributed by atoms with Crippen molar-refractivity contribution in [2.75, 3.05) is 38.3 Å². The van der Waals surface area contributed by atoms with Crippen LogP contribution in [0.25, 0.3) is 11.3 Å². The fraction of sp³-hybridized carbons (Fsp3) is 0.267. The number of aryl methyl sites for hydroxylation is 1. The van der Waals surface area contributed by atoms with Crippen molar-refractivity contribution in [3.8, 4) is 17.0 Å². The number of halogens is 1. The summed E-state index contributed by atoms with van der Waals surface area (Å²) in [5.74, 6) is 0.719. The molecule has 196 valence electrons. The molecule has 1 saturated heterocycles. The average Bonchev–Trinajstić information content (AvgIpc) is 3.37. The number of nitrogens with zero attached hydrogens (tertiary/aromatic N) is 3. The van der Waals surface area contributed by atoms with Crippen LogP contribution in [0.4, 0.5) is 10.3 Å². The highest BCUT2D eigenvalue weighted by molar-refractivity contribution is 5.94. The maximum Gasteiger partial charge on any atom is 0.254 e. The first-order chi connectivity index (χ1) is 18.5. The highest BCUT2D eigenvalue weighted by Gasteiger charge is 2.28. The van der Waals surface area contributed by atoms with Gasteiger partial charge in [0.05, 0.1) is 32.4 Å². The molecule has 3 aromatic carbocycles. The van der Waals surface area contributed by atoms with Gasteiger partial charge in [-0.25, -0.2) is 4.39 Å². The topological polar surface area (TPSA) is 68.0 Å². The molecule has 0 radical (unpaired) electrons. The van der Waals surface area contributed by atoms with Gasteiger partial charge in [-0.15, -0.1) is 0 Å².